The second-order valence-electron chi connectivity index (χ2n) is 5.84. The van der Waals surface area contributed by atoms with Crippen LogP contribution < -0.4 is 0 Å². The molecular formula is C14H21O3P. The first kappa shape index (κ1) is 13.8. The van der Waals surface area contributed by atoms with Gasteiger partial charge in [0.05, 0.1) is 18.9 Å². The minimum absolute atomic E-state index is 0.000737. The molecule has 2 unspecified atom stereocenters. The summed E-state index contributed by atoms with van der Waals surface area (Å²) >= 11 is 0. The summed E-state index contributed by atoms with van der Waals surface area (Å²) in [6.45, 7) is 6.84. The van der Waals surface area contributed by atoms with Crippen molar-refractivity contribution in [1.29, 1.82) is 0 Å². The van der Waals surface area contributed by atoms with Gasteiger partial charge in [-0.05, 0) is 17.4 Å². The molecule has 0 spiro atoms. The van der Waals surface area contributed by atoms with Crippen LogP contribution in [0.2, 0.25) is 0 Å². The molecule has 0 radical (unpaired) electrons. The average Bonchev–Trinajstić information content (AvgIpc) is 2.28. The summed E-state index contributed by atoms with van der Waals surface area (Å²) in [4.78, 5) is 0. The van der Waals surface area contributed by atoms with Gasteiger partial charge < -0.3 is 9.05 Å². The molecule has 0 amide bonds. The van der Waals surface area contributed by atoms with Crippen LogP contribution in [0.25, 0.3) is 0 Å². The molecule has 18 heavy (non-hydrogen) atoms. The van der Waals surface area contributed by atoms with Gasteiger partial charge in [-0.15, -0.1) is 0 Å². The zero-order valence-corrected chi connectivity index (χ0v) is 12.2. The topological polar surface area (TPSA) is 35.5 Å². The molecule has 0 aliphatic carbocycles. The van der Waals surface area contributed by atoms with Crippen LogP contribution in [0.5, 0.6) is 0 Å². The summed E-state index contributed by atoms with van der Waals surface area (Å²) in [5.41, 5.74) is 0.992. The molecule has 2 atom stereocenters. The van der Waals surface area contributed by atoms with Gasteiger partial charge in [-0.3, -0.25) is 4.57 Å². The summed E-state index contributed by atoms with van der Waals surface area (Å²) in [5.74, 6) is 0. The molecule has 0 bridgehead atoms. The first-order valence-corrected chi connectivity index (χ1v) is 8.08. The molecule has 100 valence electrons. The lowest BCUT2D eigenvalue weighted by atomic mass is 9.87. The average molecular weight is 268 g/mol. The van der Waals surface area contributed by atoms with Crippen LogP contribution in [0.1, 0.15) is 32.8 Å². The molecule has 1 heterocycles. The fourth-order valence-corrected chi connectivity index (χ4v) is 4.13. The molecular weight excluding hydrogens is 247 g/mol. The Hall–Kier alpha value is -0.630. The van der Waals surface area contributed by atoms with Crippen molar-refractivity contribution in [2.24, 2.45) is 5.41 Å². The quantitative estimate of drug-likeness (QED) is 0.753. The summed E-state index contributed by atoms with van der Waals surface area (Å²) in [7, 11) is -2.99. The summed E-state index contributed by atoms with van der Waals surface area (Å²) in [6.07, 6.45) is 1.17. The van der Waals surface area contributed by atoms with Crippen molar-refractivity contribution in [3.8, 4) is 0 Å². The third-order valence-corrected chi connectivity index (χ3v) is 5.04. The SMILES string of the molecule is CC(C)(C)C1CCOP(=O)(Cc2ccccc2)O1. The number of benzene rings is 1. The van der Waals surface area contributed by atoms with E-state index in [4.69, 9.17) is 9.05 Å². The Bertz CT molecular complexity index is 436. The van der Waals surface area contributed by atoms with E-state index in [1.807, 2.05) is 30.3 Å². The van der Waals surface area contributed by atoms with Crippen molar-refractivity contribution in [3.05, 3.63) is 35.9 Å². The Kier molecular flexibility index (Phi) is 3.96. The summed E-state index contributed by atoms with van der Waals surface area (Å²) < 4.78 is 23.8. The van der Waals surface area contributed by atoms with E-state index in [1.54, 1.807) is 0 Å². The van der Waals surface area contributed by atoms with E-state index in [0.717, 1.165) is 12.0 Å². The highest BCUT2D eigenvalue weighted by molar-refractivity contribution is 7.53. The second kappa shape index (κ2) is 5.16. The molecule has 1 aliphatic heterocycles. The van der Waals surface area contributed by atoms with Crippen molar-refractivity contribution in [2.75, 3.05) is 6.61 Å². The third kappa shape index (κ3) is 3.44. The molecule has 0 N–H and O–H groups in total. The van der Waals surface area contributed by atoms with Gasteiger partial charge in [0.15, 0.2) is 0 Å². The third-order valence-electron chi connectivity index (χ3n) is 3.14. The molecule has 1 aliphatic rings. The Balaban J connectivity index is 2.09. The largest absolute Gasteiger partial charge is 0.335 e. The van der Waals surface area contributed by atoms with Gasteiger partial charge in [0.25, 0.3) is 0 Å². The lowest BCUT2D eigenvalue weighted by Crippen LogP contribution is -2.33. The van der Waals surface area contributed by atoms with E-state index in [0.29, 0.717) is 12.8 Å². The highest BCUT2D eigenvalue weighted by Gasteiger charge is 2.38. The molecule has 1 fully saturated rings. The first-order valence-electron chi connectivity index (χ1n) is 6.35. The highest BCUT2D eigenvalue weighted by Crippen LogP contribution is 2.57. The van der Waals surface area contributed by atoms with Crippen LogP contribution in [0.4, 0.5) is 0 Å². The van der Waals surface area contributed by atoms with Gasteiger partial charge in [0, 0.05) is 0 Å². The lowest BCUT2D eigenvalue weighted by molar-refractivity contribution is 0.0140. The van der Waals surface area contributed by atoms with Crippen LogP contribution in [0, 0.1) is 5.41 Å². The van der Waals surface area contributed by atoms with Crippen molar-refractivity contribution < 1.29 is 13.6 Å². The molecule has 1 aromatic carbocycles. The lowest BCUT2D eigenvalue weighted by Gasteiger charge is -2.37. The maximum absolute atomic E-state index is 12.6. The van der Waals surface area contributed by atoms with E-state index in [2.05, 4.69) is 20.8 Å². The maximum atomic E-state index is 12.6. The monoisotopic (exact) mass is 268 g/mol. The van der Waals surface area contributed by atoms with Crippen LogP contribution in [-0.4, -0.2) is 12.7 Å². The van der Waals surface area contributed by atoms with Crippen LogP contribution in [0.3, 0.4) is 0 Å². The van der Waals surface area contributed by atoms with Crippen molar-refractivity contribution >= 4 is 7.60 Å². The summed E-state index contributed by atoms with van der Waals surface area (Å²) in [5, 5.41) is 0. The molecule has 4 heteroatoms. The predicted octanol–water partition coefficient (Wildman–Crippen LogP) is 4.23. The van der Waals surface area contributed by atoms with Crippen molar-refractivity contribution in [2.45, 2.75) is 39.5 Å². The molecule has 1 aromatic rings. The minimum atomic E-state index is -2.99. The predicted molar refractivity (Wildman–Crippen MR) is 72.6 cm³/mol. The van der Waals surface area contributed by atoms with Gasteiger partial charge in [0.1, 0.15) is 0 Å². The Morgan fingerprint density at radius 3 is 2.56 bits per heavy atom. The van der Waals surface area contributed by atoms with Gasteiger partial charge in [0.2, 0.25) is 0 Å². The Morgan fingerprint density at radius 1 is 1.28 bits per heavy atom. The highest BCUT2D eigenvalue weighted by atomic mass is 31.2. The number of rotatable bonds is 2. The molecule has 1 saturated heterocycles. The second-order valence-corrected chi connectivity index (χ2v) is 7.84. The molecule has 0 saturated carbocycles. The van der Waals surface area contributed by atoms with Gasteiger partial charge >= 0.3 is 7.60 Å². The van der Waals surface area contributed by atoms with E-state index in [-0.39, 0.29) is 11.5 Å². The molecule has 0 aromatic heterocycles. The van der Waals surface area contributed by atoms with Crippen LogP contribution in [-0.2, 0) is 19.8 Å². The Morgan fingerprint density at radius 2 is 1.94 bits per heavy atom. The molecule has 3 nitrogen and oxygen atoms in total. The van der Waals surface area contributed by atoms with Gasteiger partial charge in [-0.2, -0.15) is 0 Å². The summed E-state index contributed by atoms with van der Waals surface area (Å²) in [6, 6.07) is 9.72. The normalized spacial score (nSPS) is 29.2. The fourth-order valence-electron chi connectivity index (χ4n) is 2.06. The zero-order valence-electron chi connectivity index (χ0n) is 11.3. The first-order chi connectivity index (χ1) is 8.39. The van der Waals surface area contributed by atoms with Gasteiger partial charge in [-0.1, -0.05) is 51.1 Å². The van der Waals surface area contributed by atoms with Gasteiger partial charge in [-0.25, -0.2) is 0 Å². The maximum Gasteiger partial charge on any atom is 0.335 e. The smallest absolute Gasteiger partial charge is 0.308 e. The number of hydrogen-bond donors (Lipinski definition) is 0. The van der Waals surface area contributed by atoms with E-state index in [9.17, 15) is 4.57 Å². The zero-order chi connectivity index (χ0) is 13.2. The van der Waals surface area contributed by atoms with E-state index in [1.165, 1.54) is 0 Å². The van der Waals surface area contributed by atoms with Crippen molar-refractivity contribution in [1.82, 2.24) is 0 Å². The van der Waals surface area contributed by atoms with Crippen LogP contribution >= 0.6 is 7.60 Å². The van der Waals surface area contributed by atoms with Crippen LogP contribution in [0.15, 0.2) is 30.3 Å². The van der Waals surface area contributed by atoms with E-state index >= 15 is 0 Å². The fraction of sp³-hybridized carbons (Fsp3) is 0.571. The standard InChI is InChI=1S/C14H21O3P/c1-14(2,3)13-9-10-16-18(15,17-13)11-12-7-5-4-6-8-12/h4-8,13H,9-11H2,1-3H3. The Labute approximate surface area is 109 Å². The number of hydrogen-bond acceptors (Lipinski definition) is 3. The minimum Gasteiger partial charge on any atom is -0.308 e. The van der Waals surface area contributed by atoms with Crippen molar-refractivity contribution in [3.63, 3.8) is 0 Å². The molecule has 2 rings (SSSR count). The van der Waals surface area contributed by atoms with E-state index < -0.39 is 7.60 Å².